The first-order chi connectivity index (χ1) is 14.5. The fraction of sp³-hybridized carbons (Fsp3) is 0.318. The van der Waals surface area contributed by atoms with Crippen LogP contribution in [0, 0.1) is 0 Å². The maximum Gasteiger partial charge on any atom is 0.219 e. The van der Waals surface area contributed by atoms with E-state index in [9.17, 15) is 4.79 Å². The number of hydrogen-bond donors (Lipinski definition) is 2. The number of aromatic nitrogens is 2. The number of hydrogen-bond acceptors (Lipinski definition) is 7. The maximum absolute atomic E-state index is 11.5. The average molecular weight is 426 g/mol. The summed E-state index contributed by atoms with van der Waals surface area (Å²) in [6.45, 7) is 4.80. The van der Waals surface area contributed by atoms with Crippen LogP contribution in [-0.2, 0) is 9.53 Å². The van der Waals surface area contributed by atoms with Crippen molar-refractivity contribution in [2.45, 2.75) is 11.8 Å². The van der Waals surface area contributed by atoms with E-state index in [0.29, 0.717) is 36.2 Å². The molecule has 2 aromatic rings. The van der Waals surface area contributed by atoms with Crippen molar-refractivity contribution in [1.82, 2.24) is 14.9 Å². The lowest BCUT2D eigenvalue weighted by molar-refractivity contribution is -0.127. The molecule has 0 unspecified atom stereocenters. The molecule has 1 saturated heterocycles. The number of anilines is 1. The molecule has 1 aliphatic rings. The molecule has 7 nitrogen and oxygen atoms in total. The lowest BCUT2D eigenvalue weighted by Gasteiger charge is -2.29. The molecule has 1 aromatic carbocycles. The Morgan fingerprint density at radius 3 is 2.70 bits per heavy atom. The Kier molecular flexibility index (Phi) is 7.48. The molecule has 1 aromatic heterocycles. The van der Waals surface area contributed by atoms with Gasteiger partial charge in [-0.25, -0.2) is 9.97 Å². The maximum atomic E-state index is 11.5. The third-order valence-corrected chi connectivity index (χ3v) is 5.30. The number of nitrogens with zero attached hydrogens (tertiary/aromatic N) is 4. The molecule has 2 heterocycles. The number of rotatable bonds is 6. The van der Waals surface area contributed by atoms with Crippen LogP contribution in [0.15, 0.2) is 41.4 Å². The zero-order valence-electron chi connectivity index (χ0n) is 17.3. The molecule has 0 radical (unpaired) electrons. The van der Waals surface area contributed by atoms with Gasteiger partial charge in [0.1, 0.15) is 5.82 Å². The molecular formula is C22H27N5O2S. The molecule has 0 atom stereocenters. The van der Waals surface area contributed by atoms with E-state index < -0.39 is 0 Å². The fourth-order valence-corrected chi connectivity index (χ4v) is 3.41. The van der Waals surface area contributed by atoms with Crippen LogP contribution in [0.1, 0.15) is 18.2 Å². The van der Waals surface area contributed by atoms with Crippen LogP contribution in [0.3, 0.4) is 0 Å². The Morgan fingerprint density at radius 2 is 2.00 bits per heavy atom. The van der Waals surface area contributed by atoms with E-state index in [2.05, 4.69) is 4.90 Å². The van der Waals surface area contributed by atoms with Crippen LogP contribution in [0.25, 0.3) is 23.5 Å². The summed E-state index contributed by atoms with van der Waals surface area (Å²) >= 11 is 4.74. The van der Waals surface area contributed by atoms with Gasteiger partial charge in [0.2, 0.25) is 5.91 Å². The number of likely N-dealkylation sites (N-methyl/N-ethyl adjacent to an activating group) is 1. The van der Waals surface area contributed by atoms with Crippen molar-refractivity contribution in [3.63, 3.8) is 0 Å². The van der Waals surface area contributed by atoms with Crippen molar-refractivity contribution >= 4 is 36.5 Å². The number of thiol groups is 1. The Balaban J connectivity index is 2.06. The quantitative estimate of drug-likeness (QED) is 0.693. The zero-order valence-corrected chi connectivity index (χ0v) is 18.2. The Morgan fingerprint density at radius 1 is 1.27 bits per heavy atom. The van der Waals surface area contributed by atoms with Crippen LogP contribution in [0.5, 0.6) is 0 Å². The molecule has 0 saturated carbocycles. The van der Waals surface area contributed by atoms with Crippen molar-refractivity contribution in [2.75, 3.05) is 44.8 Å². The summed E-state index contributed by atoms with van der Waals surface area (Å²) in [5, 5.41) is 0. The highest BCUT2D eigenvalue weighted by Gasteiger charge is 2.20. The summed E-state index contributed by atoms with van der Waals surface area (Å²) in [7, 11) is 1.76. The molecule has 1 amide bonds. The van der Waals surface area contributed by atoms with Gasteiger partial charge in [0.05, 0.1) is 23.8 Å². The molecule has 0 aliphatic carbocycles. The van der Waals surface area contributed by atoms with Gasteiger partial charge in [-0.3, -0.25) is 4.79 Å². The van der Waals surface area contributed by atoms with Crippen molar-refractivity contribution < 1.29 is 9.53 Å². The van der Waals surface area contributed by atoms with Gasteiger partial charge in [-0.1, -0.05) is 30.3 Å². The molecule has 8 heteroatoms. The SMILES string of the molecule is CC(=O)N(C)C/C=C/c1nc(-c2ccccc2/C=C\N)nc(N2CCOCC2)c1S. The molecule has 2 N–H and O–H groups in total. The van der Waals surface area contributed by atoms with Crippen molar-refractivity contribution in [3.05, 3.63) is 47.8 Å². The van der Waals surface area contributed by atoms with Crippen molar-refractivity contribution in [1.29, 1.82) is 0 Å². The second-order valence-corrected chi connectivity index (χ2v) is 7.40. The number of ether oxygens (including phenoxy) is 1. The first-order valence-electron chi connectivity index (χ1n) is 9.81. The van der Waals surface area contributed by atoms with Gasteiger partial charge in [0.15, 0.2) is 5.82 Å². The third-order valence-electron chi connectivity index (χ3n) is 4.87. The molecule has 30 heavy (non-hydrogen) atoms. The van der Waals surface area contributed by atoms with Crippen LogP contribution in [0.4, 0.5) is 5.82 Å². The molecule has 1 fully saturated rings. The van der Waals surface area contributed by atoms with E-state index in [1.54, 1.807) is 18.9 Å². The Bertz CT molecular complexity index is 955. The lowest BCUT2D eigenvalue weighted by Crippen LogP contribution is -2.37. The smallest absolute Gasteiger partial charge is 0.219 e. The number of carbonyl (C=O) groups is 1. The van der Waals surface area contributed by atoms with Crippen LogP contribution >= 0.6 is 12.6 Å². The van der Waals surface area contributed by atoms with E-state index in [1.165, 1.54) is 6.20 Å². The second-order valence-electron chi connectivity index (χ2n) is 6.95. The molecular weight excluding hydrogens is 398 g/mol. The van der Waals surface area contributed by atoms with Crippen LogP contribution < -0.4 is 10.6 Å². The highest BCUT2D eigenvalue weighted by molar-refractivity contribution is 7.80. The molecule has 158 valence electrons. The second kappa shape index (κ2) is 10.3. The molecule has 1 aliphatic heterocycles. The molecule has 0 bridgehead atoms. The van der Waals surface area contributed by atoms with Crippen LogP contribution in [-0.4, -0.2) is 60.7 Å². The van der Waals surface area contributed by atoms with E-state index in [1.807, 2.05) is 42.5 Å². The minimum atomic E-state index is 0.00521. The highest BCUT2D eigenvalue weighted by atomic mass is 32.1. The minimum absolute atomic E-state index is 0.00521. The Hall–Kier alpha value is -2.84. The summed E-state index contributed by atoms with van der Waals surface area (Å²) in [6.07, 6.45) is 7.13. The number of morpholine rings is 1. The van der Waals surface area contributed by atoms with Gasteiger partial charge in [-0.05, 0) is 23.9 Å². The van der Waals surface area contributed by atoms with E-state index in [-0.39, 0.29) is 5.91 Å². The average Bonchev–Trinajstić information content (AvgIpc) is 2.76. The lowest BCUT2D eigenvalue weighted by atomic mass is 10.1. The largest absolute Gasteiger partial charge is 0.405 e. The normalized spacial score (nSPS) is 14.6. The first-order valence-corrected chi connectivity index (χ1v) is 10.3. The van der Waals surface area contributed by atoms with Crippen LogP contribution in [0.2, 0.25) is 0 Å². The summed E-state index contributed by atoms with van der Waals surface area (Å²) in [4.78, 5) is 25.6. The number of amides is 1. The number of benzene rings is 1. The van der Waals surface area contributed by atoms with Crippen molar-refractivity contribution in [2.24, 2.45) is 5.73 Å². The van der Waals surface area contributed by atoms with E-state index >= 15 is 0 Å². The van der Waals surface area contributed by atoms with Crippen molar-refractivity contribution in [3.8, 4) is 11.4 Å². The number of nitrogens with two attached hydrogens (primary N) is 1. The zero-order chi connectivity index (χ0) is 21.5. The standard InChI is InChI=1S/C22H27N5O2S/c1-16(28)26(2)11-5-8-19-20(30)22(27-12-14-29-15-13-27)25-21(24-19)18-7-4-3-6-17(18)9-10-23/h3-10,30H,11-15,23H2,1-2H3/b8-5+,10-9-. The van der Waals surface area contributed by atoms with Gasteiger partial charge in [-0.15, -0.1) is 12.6 Å². The van der Waals surface area contributed by atoms with E-state index in [0.717, 1.165) is 30.0 Å². The van der Waals surface area contributed by atoms with Gasteiger partial charge < -0.3 is 20.3 Å². The van der Waals surface area contributed by atoms with Gasteiger partial charge in [0.25, 0.3) is 0 Å². The predicted octanol–water partition coefficient (Wildman–Crippen LogP) is 2.69. The van der Waals surface area contributed by atoms with Gasteiger partial charge in [-0.2, -0.15) is 0 Å². The third kappa shape index (κ3) is 5.20. The van der Waals surface area contributed by atoms with Gasteiger partial charge >= 0.3 is 0 Å². The number of carbonyl (C=O) groups excluding carboxylic acids is 1. The fourth-order valence-electron chi connectivity index (χ4n) is 3.09. The van der Waals surface area contributed by atoms with E-state index in [4.69, 9.17) is 33.1 Å². The van der Waals surface area contributed by atoms with Gasteiger partial charge in [0, 0.05) is 39.2 Å². The summed E-state index contributed by atoms with van der Waals surface area (Å²) in [5.74, 6) is 1.38. The minimum Gasteiger partial charge on any atom is -0.405 e. The molecule has 3 rings (SSSR count). The predicted molar refractivity (Wildman–Crippen MR) is 123 cm³/mol. The Labute approximate surface area is 182 Å². The summed E-state index contributed by atoms with van der Waals surface area (Å²) in [5.41, 5.74) is 8.15. The highest BCUT2D eigenvalue weighted by Crippen LogP contribution is 2.31. The topological polar surface area (TPSA) is 84.6 Å². The molecule has 0 spiro atoms. The summed E-state index contributed by atoms with van der Waals surface area (Å²) < 4.78 is 5.49. The summed E-state index contributed by atoms with van der Waals surface area (Å²) in [6, 6.07) is 7.85. The first kappa shape index (κ1) is 21.9. The monoisotopic (exact) mass is 425 g/mol.